The lowest BCUT2D eigenvalue weighted by Crippen LogP contribution is -2.13. The van der Waals surface area contributed by atoms with Gasteiger partial charge in [0.15, 0.2) is 0 Å². The summed E-state index contributed by atoms with van der Waals surface area (Å²) < 4.78 is 4.66. The molecule has 0 spiro atoms. The minimum atomic E-state index is -0.320. The summed E-state index contributed by atoms with van der Waals surface area (Å²) in [6.07, 6.45) is 0.742. The summed E-state index contributed by atoms with van der Waals surface area (Å²) in [7, 11) is 1.38. The fourth-order valence-corrected chi connectivity index (χ4v) is 1.97. The molecule has 0 aromatic heterocycles. The average Bonchev–Trinajstić information content (AvgIpc) is 2.48. The normalized spacial score (nSPS) is 11.9. The Kier molecular flexibility index (Phi) is 4.31. The van der Waals surface area contributed by atoms with Crippen LogP contribution in [-0.4, -0.2) is 13.1 Å². The second-order valence-corrected chi connectivity index (χ2v) is 4.41. The van der Waals surface area contributed by atoms with Crippen molar-refractivity contribution in [1.82, 2.24) is 0 Å². The molecule has 0 amide bonds. The van der Waals surface area contributed by atoms with Gasteiger partial charge in [-0.2, -0.15) is 0 Å². The van der Waals surface area contributed by atoms with Crippen LogP contribution in [0.5, 0.6) is 0 Å². The minimum Gasteiger partial charge on any atom is -0.465 e. The maximum absolute atomic E-state index is 11.3. The van der Waals surface area contributed by atoms with Gasteiger partial charge in [-0.05, 0) is 29.7 Å². The highest BCUT2D eigenvalue weighted by Crippen LogP contribution is 2.16. The molecule has 3 nitrogen and oxygen atoms in total. The van der Waals surface area contributed by atoms with Gasteiger partial charge >= 0.3 is 5.97 Å². The molecule has 2 rings (SSSR count). The molecule has 1 unspecified atom stereocenters. The standard InChI is InChI=1S/C16H17NO2/c1-19-16(18)14-9-7-12(8-10-14)11-15(17)13-5-3-2-4-6-13/h2-10,15H,11,17H2,1H3. The fourth-order valence-electron chi connectivity index (χ4n) is 1.97. The Morgan fingerprint density at radius 3 is 2.32 bits per heavy atom. The number of rotatable bonds is 4. The van der Waals surface area contributed by atoms with E-state index in [9.17, 15) is 4.79 Å². The van der Waals surface area contributed by atoms with Crippen LogP contribution in [0.25, 0.3) is 0 Å². The lowest BCUT2D eigenvalue weighted by Gasteiger charge is -2.12. The van der Waals surface area contributed by atoms with Crippen molar-refractivity contribution in [3.05, 3.63) is 71.3 Å². The first-order valence-electron chi connectivity index (χ1n) is 6.18. The van der Waals surface area contributed by atoms with Crippen molar-refractivity contribution >= 4 is 5.97 Å². The number of benzene rings is 2. The lowest BCUT2D eigenvalue weighted by molar-refractivity contribution is 0.0600. The number of carbonyl (C=O) groups is 1. The molecule has 0 bridgehead atoms. The summed E-state index contributed by atoms with van der Waals surface area (Å²) in [6, 6.07) is 17.3. The third-order valence-electron chi connectivity index (χ3n) is 3.06. The van der Waals surface area contributed by atoms with Gasteiger partial charge in [-0.1, -0.05) is 42.5 Å². The molecule has 0 aliphatic heterocycles. The van der Waals surface area contributed by atoms with Gasteiger partial charge in [0, 0.05) is 6.04 Å². The molecule has 0 saturated carbocycles. The van der Waals surface area contributed by atoms with Crippen LogP contribution in [0.2, 0.25) is 0 Å². The summed E-state index contributed by atoms with van der Waals surface area (Å²) in [5, 5.41) is 0. The van der Waals surface area contributed by atoms with Crippen LogP contribution in [0.4, 0.5) is 0 Å². The van der Waals surface area contributed by atoms with Gasteiger partial charge in [-0.25, -0.2) is 4.79 Å². The zero-order chi connectivity index (χ0) is 13.7. The molecule has 0 radical (unpaired) electrons. The first-order chi connectivity index (χ1) is 9.20. The van der Waals surface area contributed by atoms with Crippen molar-refractivity contribution in [2.24, 2.45) is 5.73 Å². The molecule has 0 aliphatic carbocycles. The zero-order valence-electron chi connectivity index (χ0n) is 10.9. The SMILES string of the molecule is COC(=O)c1ccc(CC(N)c2ccccc2)cc1. The fraction of sp³-hybridized carbons (Fsp3) is 0.188. The molecular weight excluding hydrogens is 238 g/mol. The highest BCUT2D eigenvalue weighted by atomic mass is 16.5. The molecule has 2 N–H and O–H groups in total. The van der Waals surface area contributed by atoms with Gasteiger partial charge in [0.1, 0.15) is 0 Å². The van der Waals surface area contributed by atoms with Gasteiger partial charge in [-0.3, -0.25) is 0 Å². The minimum absolute atomic E-state index is 0.0369. The van der Waals surface area contributed by atoms with E-state index in [1.165, 1.54) is 7.11 Å². The number of methoxy groups -OCH3 is 1. The van der Waals surface area contributed by atoms with E-state index in [0.29, 0.717) is 5.56 Å². The summed E-state index contributed by atoms with van der Waals surface area (Å²) in [6.45, 7) is 0. The van der Waals surface area contributed by atoms with E-state index in [2.05, 4.69) is 4.74 Å². The summed E-state index contributed by atoms with van der Waals surface area (Å²) in [5.74, 6) is -0.320. The maximum atomic E-state index is 11.3. The third kappa shape index (κ3) is 3.42. The predicted octanol–water partition coefficient (Wildman–Crippen LogP) is 2.72. The van der Waals surface area contributed by atoms with E-state index in [-0.39, 0.29) is 12.0 Å². The summed E-state index contributed by atoms with van der Waals surface area (Å²) in [4.78, 5) is 11.3. The van der Waals surface area contributed by atoms with Gasteiger partial charge in [0.2, 0.25) is 0 Å². The Hall–Kier alpha value is -2.13. The highest BCUT2D eigenvalue weighted by molar-refractivity contribution is 5.89. The van der Waals surface area contributed by atoms with Gasteiger partial charge in [0.05, 0.1) is 12.7 Å². The van der Waals surface area contributed by atoms with Gasteiger partial charge in [0.25, 0.3) is 0 Å². The largest absolute Gasteiger partial charge is 0.465 e. The molecule has 2 aromatic rings. The van der Waals surface area contributed by atoms with E-state index in [0.717, 1.165) is 17.5 Å². The Balaban J connectivity index is 2.06. The van der Waals surface area contributed by atoms with Crippen LogP contribution >= 0.6 is 0 Å². The summed E-state index contributed by atoms with van der Waals surface area (Å²) in [5.41, 5.74) is 8.93. The molecular formula is C16H17NO2. The molecule has 0 aliphatic rings. The first-order valence-corrected chi connectivity index (χ1v) is 6.18. The van der Waals surface area contributed by atoms with Crippen molar-refractivity contribution in [1.29, 1.82) is 0 Å². The molecule has 1 atom stereocenters. The number of ether oxygens (including phenoxy) is 1. The first kappa shape index (κ1) is 13.3. The second kappa shape index (κ2) is 6.16. The molecule has 0 heterocycles. The van der Waals surface area contributed by atoms with Crippen molar-refractivity contribution in [2.75, 3.05) is 7.11 Å². The molecule has 98 valence electrons. The van der Waals surface area contributed by atoms with Crippen molar-refractivity contribution in [2.45, 2.75) is 12.5 Å². The van der Waals surface area contributed by atoms with E-state index in [1.54, 1.807) is 12.1 Å². The van der Waals surface area contributed by atoms with E-state index < -0.39 is 0 Å². The van der Waals surface area contributed by atoms with Crippen LogP contribution in [0.1, 0.15) is 27.5 Å². The van der Waals surface area contributed by atoms with Crippen LogP contribution in [0.15, 0.2) is 54.6 Å². The average molecular weight is 255 g/mol. The molecule has 3 heteroatoms. The van der Waals surface area contributed by atoms with Gasteiger partial charge in [-0.15, -0.1) is 0 Å². The van der Waals surface area contributed by atoms with Crippen molar-refractivity contribution in [3.8, 4) is 0 Å². The van der Waals surface area contributed by atoms with Crippen LogP contribution in [0.3, 0.4) is 0 Å². The van der Waals surface area contributed by atoms with Crippen LogP contribution in [0, 0.1) is 0 Å². The van der Waals surface area contributed by atoms with E-state index in [4.69, 9.17) is 5.73 Å². The number of esters is 1. The predicted molar refractivity (Wildman–Crippen MR) is 74.9 cm³/mol. The topological polar surface area (TPSA) is 52.3 Å². The number of carbonyl (C=O) groups excluding carboxylic acids is 1. The quantitative estimate of drug-likeness (QED) is 0.855. The molecule has 0 fully saturated rings. The second-order valence-electron chi connectivity index (χ2n) is 4.41. The number of hydrogen-bond donors (Lipinski definition) is 1. The number of hydrogen-bond acceptors (Lipinski definition) is 3. The third-order valence-corrected chi connectivity index (χ3v) is 3.06. The van der Waals surface area contributed by atoms with Crippen molar-refractivity contribution < 1.29 is 9.53 Å². The zero-order valence-corrected chi connectivity index (χ0v) is 10.9. The molecule has 19 heavy (non-hydrogen) atoms. The van der Waals surface area contributed by atoms with Gasteiger partial charge < -0.3 is 10.5 Å². The highest BCUT2D eigenvalue weighted by Gasteiger charge is 2.08. The Morgan fingerprint density at radius 1 is 1.11 bits per heavy atom. The monoisotopic (exact) mass is 255 g/mol. The Bertz CT molecular complexity index is 534. The molecule has 0 saturated heterocycles. The molecule has 2 aromatic carbocycles. The van der Waals surface area contributed by atoms with Crippen LogP contribution in [-0.2, 0) is 11.2 Å². The lowest BCUT2D eigenvalue weighted by atomic mass is 9.99. The van der Waals surface area contributed by atoms with E-state index >= 15 is 0 Å². The maximum Gasteiger partial charge on any atom is 0.337 e. The van der Waals surface area contributed by atoms with E-state index in [1.807, 2.05) is 42.5 Å². The Labute approximate surface area is 113 Å². The smallest absolute Gasteiger partial charge is 0.337 e. The van der Waals surface area contributed by atoms with Crippen molar-refractivity contribution in [3.63, 3.8) is 0 Å². The summed E-state index contributed by atoms with van der Waals surface area (Å²) >= 11 is 0. The Morgan fingerprint density at radius 2 is 1.74 bits per heavy atom. The van der Waals surface area contributed by atoms with Crippen LogP contribution < -0.4 is 5.73 Å². The number of nitrogens with two attached hydrogens (primary N) is 1.